The van der Waals surface area contributed by atoms with E-state index in [4.69, 9.17) is 10.3 Å². The fourth-order valence-electron chi connectivity index (χ4n) is 2.98. The van der Waals surface area contributed by atoms with Gasteiger partial charge in [0.25, 0.3) is 5.89 Å². The Balaban J connectivity index is 1.78. The Morgan fingerprint density at radius 1 is 1.30 bits per heavy atom. The normalized spacial score (nSPS) is 16.9. The molecule has 0 atom stereocenters. The summed E-state index contributed by atoms with van der Waals surface area (Å²) in [4.78, 5) is 9.19. The molecule has 23 heavy (non-hydrogen) atoms. The summed E-state index contributed by atoms with van der Waals surface area (Å²) in [6.07, 6.45) is 4.74. The molecular formula is C16H20N6O. The van der Waals surface area contributed by atoms with E-state index in [1.54, 1.807) is 0 Å². The van der Waals surface area contributed by atoms with E-state index in [0.29, 0.717) is 11.7 Å². The molecule has 0 bridgehead atoms. The van der Waals surface area contributed by atoms with E-state index in [2.05, 4.69) is 34.1 Å². The van der Waals surface area contributed by atoms with Crippen LogP contribution in [0.25, 0.3) is 22.5 Å². The first-order chi connectivity index (χ1) is 11.0. The summed E-state index contributed by atoms with van der Waals surface area (Å²) in [6, 6.07) is 2.26. The Morgan fingerprint density at radius 2 is 2.09 bits per heavy atom. The second-order valence-electron chi connectivity index (χ2n) is 6.65. The fraction of sp³-hybridized carbons (Fsp3) is 0.500. The van der Waals surface area contributed by atoms with Crippen LogP contribution in [0.5, 0.6) is 0 Å². The minimum Gasteiger partial charge on any atom is -0.334 e. The molecule has 0 spiro atoms. The summed E-state index contributed by atoms with van der Waals surface area (Å²) in [7, 11) is 0. The zero-order valence-corrected chi connectivity index (χ0v) is 13.6. The van der Waals surface area contributed by atoms with E-state index >= 15 is 0 Å². The van der Waals surface area contributed by atoms with Crippen LogP contribution in [-0.2, 0) is 5.54 Å². The van der Waals surface area contributed by atoms with Gasteiger partial charge in [-0.2, -0.15) is 10.1 Å². The number of aromatic nitrogens is 5. The van der Waals surface area contributed by atoms with Crippen molar-refractivity contribution in [3.8, 4) is 11.5 Å². The maximum Gasteiger partial charge on any atom is 0.259 e. The predicted octanol–water partition coefficient (Wildman–Crippen LogP) is 2.71. The molecule has 2 N–H and O–H groups in total. The average Bonchev–Trinajstić information content (AvgIpc) is 3.10. The zero-order chi connectivity index (χ0) is 16.2. The van der Waals surface area contributed by atoms with Crippen LogP contribution in [0.2, 0.25) is 0 Å². The monoisotopic (exact) mass is 312 g/mol. The van der Waals surface area contributed by atoms with Crippen molar-refractivity contribution >= 4 is 11.0 Å². The molecule has 3 heterocycles. The molecule has 0 aliphatic heterocycles. The Labute approximate surface area is 133 Å². The standard InChI is InChI=1S/C16H20N6O/c1-9(2)22-13-11(8-18-22)7-12(10(3)19-13)14-20-15(21-23-14)16(17)5-4-6-16/h7-9H,4-6,17H2,1-3H3. The Hall–Kier alpha value is -2.28. The van der Waals surface area contributed by atoms with Crippen LogP contribution < -0.4 is 5.73 Å². The van der Waals surface area contributed by atoms with Gasteiger partial charge in [-0.05, 0) is 46.1 Å². The van der Waals surface area contributed by atoms with E-state index in [1.165, 1.54) is 0 Å². The highest BCUT2D eigenvalue weighted by molar-refractivity contribution is 5.80. The molecule has 0 radical (unpaired) electrons. The minimum atomic E-state index is -0.421. The molecule has 0 amide bonds. The average molecular weight is 312 g/mol. The maximum atomic E-state index is 6.27. The van der Waals surface area contributed by atoms with E-state index in [1.807, 2.05) is 23.9 Å². The van der Waals surface area contributed by atoms with Crippen LogP contribution >= 0.6 is 0 Å². The van der Waals surface area contributed by atoms with E-state index in [-0.39, 0.29) is 6.04 Å². The molecule has 120 valence electrons. The quantitative estimate of drug-likeness (QED) is 0.799. The van der Waals surface area contributed by atoms with Crippen molar-refractivity contribution < 1.29 is 4.52 Å². The van der Waals surface area contributed by atoms with Crippen molar-refractivity contribution in [1.29, 1.82) is 0 Å². The second-order valence-corrected chi connectivity index (χ2v) is 6.65. The molecule has 1 aliphatic carbocycles. The third-order valence-corrected chi connectivity index (χ3v) is 4.60. The van der Waals surface area contributed by atoms with Gasteiger partial charge >= 0.3 is 0 Å². The number of nitrogens with two attached hydrogens (primary N) is 1. The van der Waals surface area contributed by atoms with Crippen molar-refractivity contribution in [3.05, 3.63) is 23.8 Å². The van der Waals surface area contributed by atoms with E-state index in [0.717, 1.165) is 41.6 Å². The van der Waals surface area contributed by atoms with Gasteiger partial charge in [0.1, 0.15) is 0 Å². The molecular weight excluding hydrogens is 292 g/mol. The Kier molecular flexibility index (Phi) is 3.02. The lowest BCUT2D eigenvalue weighted by Crippen LogP contribution is -2.44. The molecule has 1 aliphatic rings. The summed E-state index contributed by atoms with van der Waals surface area (Å²) in [5, 5.41) is 9.45. The van der Waals surface area contributed by atoms with Crippen LogP contribution in [0, 0.1) is 6.92 Å². The molecule has 1 fully saturated rings. The summed E-state index contributed by atoms with van der Waals surface area (Å²) >= 11 is 0. The molecule has 1 saturated carbocycles. The first-order valence-electron chi connectivity index (χ1n) is 7.96. The number of rotatable bonds is 3. The molecule has 3 aromatic heterocycles. The fourth-order valence-corrected chi connectivity index (χ4v) is 2.98. The smallest absolute Gasteiger partial charge is 0.259 e. The van der Waals surface area contributed by atoms with Gasteiger partial charge in [-0.3, -0.25) is 0 Å². The number of nitrogens with zero attached hydrogens (tertiary/aromatic N) is 5. The molecule has 0 unspecified atom stereocenters. The highest BCUT2D eigenvalue weighted by atomic mass is 16.5. The molecule has 7 heteroatoms. The second kappa shape index (κ2) is 4.86. The van der Waals surface area contributed by atoms with E-state index in [9.17, 15) is 0 Å². The van der Waals surface area contributed by atoms with Gasteiger partial charge < -0.3 is 10.3 Å². The minimum absolute atomic E-state index is 0.260. The first kappa shape index (κ1) is 14.3. The van der Waals surface area contributed by atoms with E-state index < -0.39 is 5.54 Å². The highest BCUT2D eigenvalue weighted by Crippen LogP contribution is 2.38. The van der Waals surface area contributed by atoms with Crippen molar-refractivity contribution in [1.82, 2.24) is 24.9 Å². The van der Waals surface area contributed by atoms with Crippen LogP contribution in [0.3, 0.4) is 0 Å². The lowest BCUT2D eigenvalue weighted by atomic mass is 9.77. The SMILES string of the molecule is Cc1nc2c(cnn2C(C)C)cc1-c1nc(C2(N)CCC2)no1. The van der Waals surface area contributed by atoms with Gasteiger partial charge in [0.05, 0.1) is 23.0 Å². The maximum absolute atomic E-state index is 6.27. The van der Waals surface area contributed by atoms with Gasteiger partial charge in [-0.15, -0.1) is 0 Å². The lowest BCUT2D eigenvalue weighted by Gasteiger charge is -2.34. The van der Waals surface area contributed by atoms with Crippen LogP contribution in [0.1, 0.15) is 50.7 Å². The van der Waals surface area contributed by atoms with Crippen LogP contribution in [0.4, 0.5) is 0 Å². The summed E-state index contributed by atoms with van der Waals surface area (Å²) in [5.41, 5.74) is 8.39. The first-order valence-corrected chi connectivity index (χ1v) is 7.96. The number of pyridine rings is 1. The zero-order valence-electron chi connectivity index (χ0n) is 13.6. The van der Waals surface area contributed by atoms with Gasteiger partial charge in [-0.1, -0.05) is 5.16 Å². The van der Waals surface area contributed by atoms with Crippen molar-refractivity contribution in [3.63, 3.8) is 0 Å². The molecule has 0 saturated heterocycles. The molecule has 0 aromatic carbocycles. The third-order valence-electron chi connectivity index (χ3n) is 4.60. The summed E-state index contributed by atoms with van der Waals surface area (Å²) in [6.45, 7) is 6.11. The van der Waals surface area contributed by atoms with Gasteiger partial charge in [0, 0.05) is 11.4 Å². The molecule has 7 nitrogen and oxygen atoms in total. The number of hydrogen-bond acceptors (Lipinski definition) is 6. The van der Waals surface area contributed by atoms with Crippen molar-refractivity contribution in [2.75, 3.05) is 0 Å². The molecule has 4 rings (SSSR count). The van der Waals surface area contributed by atoms with Gasteiger partial charge in [-0.25, -0.2) is 9.67 Å². The van der Waals surface area contributed by atoms with Gasteiger partial charge in [0.2, 0.25) is 0 Å². The van der Waals surface area contributed by atoms with Crippen LogP contribution in [0.15, 0.2) is 16.8 Å². The van der Waals surface area contributed by atoms with Crippen LogP contribution in [-0.4, -0.2) is 24.9 Å². The lowest BCUT2D eigenvalue weighted by molar-refractivity contribution is 0.229. The van der Waals surface area contributed by atoms with Crippen molar-refractivity contribution in [2.24, 2.45) is 5.73 Å². The van der Waals surface area contributed by atoms with Gasteiger partial charge in [0.15, 0.2) is 11.5 Å². The highest BCUT2D eigenvalue weighted by Gasteiger charge is 2.39. The predicted molar refractivity (Wildman–Crippen MR) is 85.7 cm³/mol. The number of hydrogen-bond donors (Lipinski definition) is 1. The topological polar surface area (TPSA) is 95.7 Å². The largest absolute Gasteiger partial charge is 0.334 e. The summed E-state index contributed by atoms with van der Waals surface area (Å²) in [5.74, 6) is 1.07. The number of fused-ring (bicyclic) bond motifs is 1. The number of aryl methyl sites for hydroxylation is 1. The Bertz CT molecular complexity index is 874. The summed E-state index contributed by atoms with van der Waals surface area (Å²) < 4.78 is 7.36. The Morgan fingerprint density at radius 3 is 2.74 bits per heavy atom. The van der Waals surface area contributed by atoms with Crippen molar-refractivity contribution in [2.45, 2.75) is 51.6 Å². The third kappa shape index (κ3) is 2.15. The molecule has 3 aromatic rings.